The molecule has 0 radical (unpaired) electrons. The van der Waals surface area contributed by atoms with Crippen molar-refractivity contribution in [2.24, 2.45) is 0 Å². The molecule has 3 aromatic rings. The topological polar surface area (TPSA) is 78.0 Å². The van der Waals surface area contributed by atoms with Gasteiger partial charge in [-0.05, 0) is 25.1 Å². The number of alkyl halides is 1. The van der Waals surface area contributed by atoms with E-state index >= 15 is 0 Å². The van der Waals surface area contributed by atoms with E-state index in [9.17, 15) is 8.42 Å². The van der Waals surface area contributed by atoms with Crippen LogP contribution in [0, 0.1) is 6.92 Å². The van der Waals surface area contributed by atoms with E-state index in [-0.39, 0.29) is 16.7 Å². The monoisotopic (exact) mass is 337 g/mol. The van der Waals surface area contributed by atoms with Crippen molar-refractivity contribution >= 4 is 21.6 Å². The van der Waals surface area contributed by atoms with Gasteiger partial charge in [0.2, 0.25) is 0 Å². The average Bonchev–Trinajstić information content (AvgIpc) is 3.16. The Hall–Kier alpha value is -2.12. The van der Waals surface area contributed by atoms with Crippen LogP contribution in [-0.2, 0) is 15.9 Å². The predicted octanol–water partition coefficient (Wildman–Crippen LogP) is 2.82. The van der Waals surface area contributed by atoms with Crippen molar-refractivity contribution in [3.05, 3.63) is 54.1 Å². The van der Waals surface area contributed by atoms with Crippen molar-refractivity contribution in [2.75, 3.05) is 0 Å². The molecule has 3 rings (SSSR count). The summed E-state index contributed by atoms with van der Waals surface area (Å²) >= 11 is 5.61. The van der Waals surface area contributed by atoms with Crippen LogP contribution in [0.3, 0.4) is 0 Å². The molecule has 2 heterocycles. The van der Waals surface area contributed by atoms with Gasteiger partial charge in [0.1, 0.15) is 0 Å². The second-order valence-electron chi connectivity index (χ2n) is 4.70. The first-order chi connectivity index (χ1) is 10.5. The standard InChI is InChI=1S/C14H12ClN3O3S/c1-10-2-4-12(5-3-10)22(19,20)18-7-6-11(9-18)14-16-13(8-15)17-21-14/h2-7,9H,8H2,1H3. The minimum absolute atomic E-state index is 0.131. The lowest BCUT2D eigenvalue weighted by molar-refractivity contribution is 0.425. The van der Waals surface area contributed by atoms with Crippen LogP contribution in [0.25, 0.3) is 11.5 Å². The Morgan fingerprint density at radius 1 is 1.23 bits per heavy atom. The molecule has 8 heteroatoms. The fourth-order valence-corrected chi connectivity index (χ4v) is 3.22. The number of benzene rings is 1. The van der Waals surface area contributed by atoms with Crippen LogP contribution in [0.1, 0.15) is 11.4 Å². The van der Waals surface area contributed by atoms with E-state index in [1.807, 2.05) is 6.92 Å². The summed E-state index contributed by atoms with van der Waals surface area (Å²) in [5.41, 5.74) is 1.51. The van der Waals surface area contributed by atoms with Crippen molar-refractivity contribution in [3.8, 4) is 11.5 Å². The van der Waals surface area contributed by atoms with Crippen LogP contribution in [0.4, 0.5) is 0 Å². The molecule has 0 spiro atoms. The van der Waals surface area contributed by atoms with Gasteiger partial charge in [-0.15, -0.1) is 11.6 Å². The van der Waals surface area contributed by atoms with E-state index in [1.165, 1.54) is 12.4 Å². The Balaban J connectivity index is 1.97. The van der Waals surface area contributed by atoms with Gasteiger partial charge in [-0.2, -0.15) is 4.98 Å². The molecule has 0 fully saturated rings. The highest BCUT2D eigenvalue weighted by Gasteiger charge is 2.18. The lowest BCUT2D eigenvalue weighted by atomic mass is 10.2. The van der Waals surface area contributed by atoms with Crippen LogP contribution in [-0.4, -0.2) is 22.5 Å². The second kappa shape index (κ2) is 5.58. The SMILES string of the molecule is Cc1ccc(S(=O)(=O)n2ccc(-c3nc(CCl)no3)c2)cc1. The quantitative estimate of drug-likeness (QED) is 0.684. The number of halogens is 1. The first-order valence-corrected chi connectivity index (χ1v) is 8.37. The zero-order chi connectivity index (χ0) is 15.7. The average molecular weight is 338 g/mol. The molecule has 0 N–H and O–H groups in total. The van der Waals surface area contributed by atoms with Crippen LogP contribution in [0.15, 0.2) is 52.1 Å². The predicted molar refractivity (Wildman–Crippen MR) is 81.0 cm³/mol. The largest absolute Gasteiger partial charge is 0.334 e. The molecular weight excluding hydrogens is 326 g/mol. The molecule has 22 heavy (non-hydrogen) atoms. The lowest BCUT2D eigenvalue weighted by Gasteiger charge is -2.05. The van der Waals surface area contributed by atoms with Crippen LogP contribution in [0.5, 0.6) is 0 Å². The van der Waals surface area contributed by atoms with E-state index in [4.69, 9.17) is 16.1 Å². The first-order valence-electron chi connectivity index (χ1n) is 6.40. The summed E-state index contributed by atoms with van der Waals surface area (Å²) in [6.07, 6.45) is 2.87. The highest BCUT2D eigenvalue weighted by Crippen LogP contribution is 2.21. The Labute approximate surface area is 132 Å². The third-order valence-electron chi connectivity index (χ3n) is 3.10. The molecule has 0 atom stereocenters. The van der Waals surface area contributed by atoms with Gasteiger partial charge < -0.3 is 4.52 Å². The molecule has 1 aromatic carbocycles. The summed E-state index contributed by atoms with van der Waals surface area (Å²) < 4.78 is 31.2. The molecule has 0 aliphatic carbocycles. The number of aromatic nitrogens is 3. The maximum atomic E-state index is 12.5. The molecule has 0 bridgehead atoms. The maximum absolute atomic E-state index is 12.5. The number of nitrogens with zero attached hydrogens (tertiary/aromatic N) is 3. The van der Waals surface area contributed by atoms with E-state index in [0.29, 0.717) is 11.4 Å². The molecule has 0 unspecified atom stereocenters. The molecule has 2 aromatic heterocycles. The van der Waals surface area contributed by atoms with Crippen molar-refractivity contribution < 1.29 is 12.9 Å². The molecular formula is C14H12ClN3O3S. The molecule has 114 valence electrons. The van der Waals surface area contributed by atoms with Crippen LogP contribution in [0.2, 0.25) is 0 Å². The Kier molecular flexibility index (Phi) is 3.76. The third kappa shape index (κ3) is 2.65. The van der Waals surface area contributed by atoms with Gasteiger partial charge in [0.15, 0.2) is 5.82 Å². The number of rotatable bonds is 4. The molecule has 0 amide bonds. The molecule has 0 aliphatic heterocycles. The zero-order valence-corrected chi connectivity index (χ0v) is 13.2. The summed E-state index contributed by atoms with van der Waals surface area (Å²) in [7, 11) is -3.64. The van der Waals surface area contributed by atoms with Gasteiger partial charge in [0.25, 0.3) is 15.9 Å². The van der Waals surface area contributed by atoms with Gasteiger partial charge in [0, 0.05) is 12.4 Å². The fraction of sp³-hybridized carbons (Fsp3) is 0.143. The lowest BCUT2D eigenvalue weighted by Crippen LogP contribution is -2.10. The first kappa shape index (κ1) is 14.8. The summed E-state index contributed by atoms with van der Waals surface area (Å²) in [6, 6.07) is 8.24. The molecule has 6 nitrogen and oxygen atoms in total. The number of hydrogen-bond acceptors (Lipinski definition) is 5. The van der Waals surface area contributed by atoms with Gasteiger partial charge in [-0.1, -0.05) is 22.9 Å². The van der Waals surface area contributed by atoms with E-state index in [0.717, 1.165) is 9.54 Å². The summed E-state index contributed by atoms with van der Waals surface area (Å²) in [6.45, 7) is 1.90. The fourth-order valence-electron chi connectivity index (χ4n) is 1.91. The smallest absolute Gasteiger partial charge is 0.267 e. The molecule has 0 saturated heterocycles. The van der Waals surface area contributed by atoms with Gasteiger partial charge in [-0.3, -0.25) is 0 Å². The Bertz CT molecular complexity index is 898. The van der Waals surface area contributed by atoms with E-state index in [1.54, 1.807) is 30.3 Å². The second-order valence-corrected chi connectivity index (χ2v) is 6.81. The Morgan fingerprint density at radius 2 is 1.95 bits per heavy atom. The van der Waals surface area contributed by atoms with E-state index in [2.05, 4.69) is 10.1 Å². The van der Waals surface area contributed by atoms with Crippen molar-refractivity contribution in [2.45, 2.75) is 17.7 Å². The van der Waals surface area contributed by atoms with Crippen molar-refractivity contribution in [1.29, 1.82) is 0 Å². The Morgan fingerprint density at radius 3 is 2.59 bits per heavy atom. The van der Waals surface area contributed by atoms with Gasteiger partial charge in [-0.25, -0.2) is 12.4 Å². The van der Waals surface area contributed by atoms with Gasteiger partial charge in [0.05, 0.1) is 16.3 Å². The summed E-state index contributed by atoms with van der Waals surface area (Å²) in [4.78, 5) is 4.28. The number of aryl methyl sites for hydroxylation is 1. The summed E-state index contributed by atoms with van der Waals surface area (Å²) in [5.74, 6) is 0.714. The summed E-state index contributed by atoms with van der Waals surface area (Å²) in [5, 5.41) is 3.67. The molecule has 0 saturated carbocycles. The maximum Gasteiger partial charge on any atom is 0.267 e. The van der Waals surface area contributed by atoms with E-state index < -0.39 is 10.0 Å². The van der Waals surface area contributed by atoms with Crippen LogP contribution < -0.4 is 0 Å². The van der Waals surface area contributed by atoms with Crippen LogP contribution >= 0.6 is 11.6 Å². The normalized spacial score (nSPS) is 11.7. The minimum atomic E-state index is -3.64. The van der Waals surface area contributed by atoms with Gasteiger partial charge >= 0.3 is 0 Å². The third-order valence-corrected chi connectivity index (χ3v) is 4.99. The highest BCUT2D eigenvalue weighted by molar-refractivity contribution is 7.90. The van der Waals surface area contributed by atoms with Crippen molar-refractivity contribution in [1.82, 2.24) is 14.1 Å². The number of hydrogen-bond donors (Lipinski definition) is 0. The van der Waals surface area contributed by atoms with Crippen molar-refractivity contribution in [3.63, 3.8) is 0 Å². The minimum Gasteiger partial charge on any atom is -0.334 e. The highest BCUT2D eigenvalue weighted by atomic mass is 35.5. The molecule has 0 aliphatic rings. The zero-order valence-electron chi connectivity index (χ0n) is 11.6.